The monoisotopic (exact) mass is 1060 g/mol. The van der Waals surface area contributed by atoms with E-state index in [4.69, 9.17) is 10.5 Å². The summed E-state index contributed by atoms with van der Waals surface area (Å²) in [6, 6.07) is 4.07. The highest BCUT2D eigenvalue weighted by atomic mass is 16.5. The number of fused-ring (bicyclic) bond motifs is 2. The number of carbonyl (C=O) groups is 9. The quantitative estimate of drug-likeness (QED) is 0.0744. The molecule has 2 bridgehead atoms. The van der Waals surface area contributed by atoms with E-state index in [1.54, 1.807) is 56.3 Å². The number of aliphatic hydroxyl groups excluding tert-OH is 3. The number of cyclic esters (lactones) is 1. The zero-order valence-corrected chi connectivity index (χ0v) is 44.1. The van der Waals surface area contributed by atoms with Crippen LogP contribution >= 0.6 is 0 Å². The molecule has 8 amide bonds. The topological polar surface area (TPSA) is 336 Å². The number of hydrogen-bond acceptors (Lipinski definition) is 14. The fraction of sp³-hybridized carbons (Fsp3) is 0.574. The molecule has 2 fully saturated rings. The first-order valence-corrected chi connectivity index (χ1v) is 26.1. The molecule has 0 aromatic heterocycles. The van der Waals surface area contributed by atoms with Crippen molar-refractivity contribution in [3.05, 3.63) is 77.9 Å². The summed E-state index contributed by atoms with van der Waals surface area (Å²) < 4.78 is 5.98. The van der Waals surface area contributed by atoms with E-state index in [0.29, 0.717) is 30.4 Å². The summed E-state index contributed by atoms with van der Waals surface area (Å²) in [7, 11) is 1.40. The van der Waals surface area contributed by atoms with Crippen molar-refractivity contribution >= 4 is 53.2 Å². The van der Waals surface area contributed by atoms with Crippen LogP contribution in [0.15, 0.2) is 66.7 Å². The average molecular weight is 1060 g/mol. The largest absolute Gasteiger partial charge is 0.508 e. The van der Waals surface area contributed by atoms with Gasteiger partial charge in [-0.25, -0.2) is 4.79 Å². The van der Waals surface area contributed by atoms with Crippen LogP contribution in [0.4, 0.5) is 0 Å². The van der Waals surface area contributed by atoms with Gasteiger partial charge in [0, 0.05) is 26.3 Å². The molecule has 76 heavy (non-hydrogen) atoms. The number of allylic oxidation sites excluding steroid dienone is 1. The minimum absolute atomic E-state index is 0.0468. The number of aromatic hydroxyl groups is 1. The van der Waals surface area contributed by atoms with Gasteiger partial charge in [-0.2, -0.15) is 0 Å². The maximum absolute atomic E-state index is 14.9. The minimum atomic E-state index is -1.88. The number of rotatable bonds is 17. The molecule has 3 unspecified atom stereocenters. The van der Waals surface area contributed by atoms with Crippen LogP contribution in [0.3, 0.4) is 0 Å². The predicted molar refractivity (Wildman–Crippen MR) is 275 cm³/mol. The van der Waals surface area contributed by atoms with Gasteiger partial charge in [0.1, 0.15) is 66.5 Å². The van der Waals surface area contributed by atoms with Crippen molar-refractivity contribution in [2.24, 2.45) is 23.5 Å². The summed E-state index contributed by atoms with van der Waals surface area (Å²) >= 11 is 0. The molecule has 5 rings (SSSR count). The maximum Gasteiger partial charge on any atom is 0.329 e. The van der Waals surface area contributed by atoms with Crippen LogP contribution < -0.4 is 32.3 Å². The number of aliphatic hydroxyl groups is 3. The summed E-state index contributed by atoms with van der Waals surface area (Å²) in [6.07, 6.45) is -2.68. The number of piperidine rings is 1. The van der Waals surface area contributed by atoms with E-state index >= 15 is 0 Å². The lowest BCUT2D eigenvalue weighted by Gasteiger charge is -2.43. The molecule has 0 radical (unpaired) electrons. The number of carbonyl (C=O) groups excluding carboxylic acids is 9. The van der Waals surface area contributed by atoms with E-state index in [-0.39, 0.29) is 50.2 Å². The van der Waals surface area contributed by atoms with Crippen LogP contribution in [-0.4, -0.2) is 157 Å². The number of primary amides is 1. The van der Waals surface area contributed by atoms with Crippen molar-refractivity contribution in [2.75, 3.05) is 7.05 Å². The lowest BCUT2D eigenvalue weighted by molar-refractivity contribution is -0.166. The number of ether oxygens (including phenoxy) is 1. The number of phenolic OH excluding ortho intramolecular Hbond substituents is 1. The van der Waals surface area contributed by atoms with E-state index in [0.717, 1.165) is 4.90 Å². The van der Waals surface area contributed by atoms with Crippen LogP contribution in [0.2, 0.25) is 0 Å². The van der Waals surface area contributed by atoms with Gasteiger partial charge < -0.3 is 67.3 Å². The smallest absolute Gasteiger partial charge is 0.329 e. The third-order valence-corrected chi connectivity index (χ3v) is 14.3. The Morgan fingerprint density at radius 2 is 1.50 bits per heavy atom. The van der Waals surface area contributed by atoms with Crippen molar-refractivity contribution in [3.8, 4) is 5.75 Å². The molecule has 416 valence electrons. The van der Waals surface area contributed by atoms with Gasteiger partial charge in [0.25, 0.3) is 0 Å². The first-order valence-electron chi connectivity index (χ1n) is 26.1. The number of nitrogens with two attached hydrogens (primary N) is 1. The van der Waals surface area contributed by atoms with Gasteiger partial charge in [-0.05, 0) is 92.9 Å². The Bertz CT molecular complexity index is 2400. The highest BCUT2D eigenvalue weighted by Gasteiger charge is 2.46. The van der Waals surface area contributed by atoms with Gasteiger partial charge in [-0.15, -0.1) is 0 Å². The third-order valence-electron chi connectivity index (χ3n) is 14.3. The Labute approximate surface area is 442 Å². The van der Waals surface area contributed by atoms with Crippen molar-refractivity contribution in [1.29, 1.82) is 0 Å². The molecule has 3 aliphatic rings. The van der Waals surface area contributed by atoms with Gasteiger partial charge in [0.15, 0.2) is 0 Å². The molecular weight excluding hydrogens is 985 g/mol. The predicted octanol–water partition coefficient (Wildman–Crippen LogP) is 0.119. The van der Waals surface area contributed by atoms with E-state index in [1.165, 1.54) is 43.1 Å². The summed E-state index contributed by atoms with van der Waals surface area (Å²) in [4.78, 5) is 131. The fourth-order valence-electron chi connectivity index (χ4n) is 9.60. The summed E-state index contributed by atoms with van der Waals surface area (Å²) in [5.74, 6) is -9.56. The first-order chi connectivity index (χ1) is 36.0. The number of benzene rings is 2. The highest BCUT2D eigenvalue weighted by molar-refractivity contribution is 5.98. The molecule has 11 N–H and O–H groups in total. The fourth-order valence-corrected chi connectivity index (χ4v) is 9.60. The van der Waals surface area contributed by atoms with Crippen LogP contribution in [-0.2, 0) is 60.7 Å². The van der Waals surface area contributed by atoms with Gasteiger partial charge >= 0.3 is 5.97 Å². The normalized spacial score (nSPS) is 27.3. The molecule has 2 aromatic carbocycles. The Morgan fingerprint density at radius 3 is 2.12 bits per heavy atom. The zero-order valence-electron chi connectivity index (χ0n) is 44.1. The molecule has 2 aromatic rings. The standard InChI is InChI=1S/C54H76N8O14/c1-7-30(4)45-54(75)76-31(5)46(60-47(68)37(21-23-43(55)66)56-50(71)42(65)28-34-15-19-36(64)20-16-34)51(72)58-39(26-33-13-17-35(63)18-14-33)48(69)57-38-22-24-44(67)62(52(38)73)41(25-29(2)3)53(74)61(6)40(49(70)59-45)27-32-11-9-8-10-12-32/h8-13,15-17,19-20,29-31,33,35,37-42,44-46,63-65,67H,7,14,18,21-28H2,1-6H3,(H2,55,66)(H,56,71)(H,57,69)(H,58,72)(H,59,70)(H,60,68)/t30-,31+,33-,35-,37-,38-,39?,40-,41?,42+,44+,45-,46?/m0/s1. The zero-order chi connectivity index (χ0) is 56.0. The lowest BCUT2D eigenvalue weighted by atomic mass is 9.88. The number of phenols is 1. The summed E-state index contributed by atoms with van der Waals surface area (Å²) in [6.45, 7) is 8.35. The minimum Gasteiger partial charge on any atom is -0.508 e. The second-order valence-electron chi connectivity index (χ2n) is 20.7. The Balaban J connectivity index is 1.60. The number of esters is 1. The number of nitrogens with zero attached hydrogens (tertiary/aromatic N) is 2. The number of amides is 8. The summed E-state index contributed by atoms with van der Waals surface area (Å²) in [5.41, 5.74) is 6.54. The van der Waals surface area contributed by atoms with Crippen molar-refractivity contribution in [2.45, 2.75) is 172 Å². The Hall–Kier alpha value is -6.91. The second kappa shape index (κ2) is 27.8. The average Bonchev–Trinajstić information content (AvgIpc) is 3.38. The number of nitrogens with one attached hydrogen (secondary N) is 5. The van der Waals surface area contributed by atoms with Crippen LogP contribution in [0, 0.1) is 17.8 Å². The Kier molecular flexibility index (Phi) is 21.9. The van der Waals surface area contributed by atoms with Gasteiger partial charge in [0.05, 0.1) is 6.10 Å². The molecule has 2 heterocycles. The number of likely N-dealkylation sites (N-methyl/N-ethyl adjacent to an activating group) is 1. The maximum atomic E-state index is 14.9. The van der Waals surface area contributed by atoms with Crippen LogP contribution in [0.25, 0.3) is 0 Å². The number of hydrogen-bond donors (Lipinski definition) is 10. The summed E-state index contributed by atoms with van der Waals surface area (Å²) in [5, 5.41) is 55.5. The third kappa shape index (κ3) is 16.5. The van der Waals surface area contributed by atoms with E-state index in [2.05, 4.69) is 26.6 Å². The first kappa shape index (κ1) is 60.0. The molecule has 2 saturated heterocycles. The molecule has 22 nitrogen and oxygen atoms in total. The molecule has 0 spiro atoms. The molecular formula is C54H76N8O14. The van der Waals surface area contributed by atoms with Gasteiger partial charge in [0.2, 0.25) is 47.3 Å². The molecule has 13 atom stereocenters. The highest BCUT2D eigenvalue weighted by Crippen LogP contribution is 2.28. The van der Waals surface area contributed by atoms with E-state index in [1.807, 2.05) is 13.8 Å². The molecule has 1 aliphatic carbocycles. The molecule has 0 saturated carbocycles. The lowest BCUT2D eigenvalue weighted by Crippen LogP contribution is -2.65. The van der Waals surface area contributed by atoms with E-state index in [9.17, 15) is 63.6 Å². The van der Waals surface area contributed by atoms with Crippen molar-refractivity contribution in [1.82, 2.24) is 36.4 Å². The Morgan fingerprint density at radius 1 is 0.816 bits per heavy atom. The van der Waals surface area contributed by atoms with Crippen LogP contribution in [0.5, 0.6) is 5.75 Å². The second-order valence-corrected chi connectivity index (χ2v) is 20.7. The van der Waals surface area contributed by atoms with Crippen molar-refractivity contribution < 1.29 is 68.3 Å². The van der Waals surface area contributed by atoms with Gasteiger partial charge in [-0.1, -0.05) is 88.7 Å². The van der Waals surface area contributed by atoms with E-state index < -0.39 is 145 Å². The molecule has 2 aliphatic heterocycles. The van der Waals surface area contributed by atoms with Crippen molar-refractivity contribution in [3.63, 3.8) is 0 Å². The SMILES string of the molecule is CC[C@H](C)[C@@H]1NC(=O)[C@H](Cc2ccccc2)N(C)C(=O)C(CC(C)C)N2C(=O)[C@H](CC[C@H]2O)NC(=O)C(C[C@H]2C=C[C@H](O)CC2)NC(=O)C(NC(=O)[C@H](CCC(N)=O)NC(=O)[C@H](O)Cc2ccc(O)cc2)[C@@H](C)OC1=O. The van der Waals surface area contributed by atoms with Crippen LogP contribution in [0.1, 0.15) is 104 Å². The van der Waals surface area contributed by atoms with Gasteiger partial charge in [-0.3, -0.25) is 38.4 Å². The molecule has 22 heteroatoms.